The second-order valence-corrected chi connectivity index (χ2v) is 4.66. The highest BCUT2D eigenvalue weighted by Gasteiger charge is 2.08. The van der Waals surface area contributed by atoms with Crippen molar-refractivity contribution in [3.8, 4) is 5.88 Å². The van der Waals surface area contributed by atoms with Crippen LogP contribution in [0.3, 0.4) is 0 Å². The number of ether oxygens (including phenoxy) is 1. The number of pyridine rings is 2. The summed E-state index contributed by atoms with van der Waals surface area (Å²) in [7, 11) is 0. The van der Waals surface area contributed by atoms with Crippen molar-refractivity contribution in [2.75, 3.05) is 11.9 Å². The van der Waals surface area contributed by atoms with E-state index in [2.05, 4.69) is 21.4 Å². The van der Waals surface area contributed by atoms with Crippen molar-refractivity contribution >= 4 is 16.5 Å². The first-order chi connectivity index (χ1) is 10.4. The van der Waals surface area contributed by atoms with Crippen molar-refractivity contribution in [1.29, 1.82) is 0 Å². The molecule has 21 heavy (non-hydrogen) atoms. The monoisotopic (exact) mass is 279 g/mol. The van der Waals surface area contributed by atoms with E-state index in [1.807, 2.05) is 37.3 Å². The molecule has 0 spiro atoms. The van der Waals surface area contributed by atoms with E-state index in [-0.39, 0.29) is 0 Å². The van der Waals surface area contributed by atoms with E-state index in [0.717, 1.165) is 23.0 Å². The van der Waals surface area contributed by atoms with Crippen LogP contribution in [0, 0.1) is 0 Å². The molecule has 0 radical (unpaired) electrons. The Hall–Kier alpha value is -2.62. The molecule has 106 valence electrons. The number of aromatic nitrogens is 2. The zero-order valence-electron chi connectivity index (χ0n) is 11.9. The van der Waals surface area contributed by atoms with Gasteiger partial charge in [-0.15, -0.1) is 0 Å². The SMILES string of the molecule is CCOc1nccc2cccc(NCc3ccncc3)c12. The highest BCUT2D eigenvalue weighted by Crippen LogP contribution is 2.30. The van der Waals surface area contributed by atoms with Crippen molar-refractivity contribution in [2.45, 2.75) is 13.5 Å². The lowest BCUT2D eigenvalue weighted by molar-refractivity contribution is 0.331. The van der Waals surface area contributed by atoms with Crippen molar-refractivity contribution in [3.05, 3.63) is 60.6 Å². The molecule has 0 fully saturated rings. The molecule has 0 atom stereocenters. The summed E-state index contributed by atoms with van der Waals surface area (Å²) in [5, 5.41) is 5.60. The molecule has 0 saturated heterocycles. The predicted molar refractivity (Wildman–Crippen MR) is 84.5 cm³/mol. The zero-order chi connectivity index (χ0) is 14.5. The number of nitrogens with one attached hydrogen (secondary N) is 1. The molecule has 3 aromatic rings. The van der Waals surface area contributed by atoms with Gasteiger partial charge >= 0.3 is 0 Å². The fourth-order valence-corrected chi connectivity index (χ4v) is 2.29. The first-order valence-electron chi connectivity index (χ1n) is 7.02. The van der Waals surface area contributed by atoms with E-state index in [1.165, 1.54) is 5.56 Å². The quantitative estimate of drug-likeness (QED) is 0.774. The van der Waals surface area contributed by atoms with Gasteiger partial charge in [0.05, 0.1) is 12.0 Å². The molecule has 2 heterocycles. The molecule has 0 amide bonds. The maximum absolute atomic E-state index is 5.65. The third kappa shape index (κ3) is 2.94. The van der Waals surface area contributed by atoms with Gasteiger partial charge in [0.1, 0.15) is 0 Å². The Bertz CT molecular complexity index is 723. The van der Waals surface area contributed by atoms with Gasteiger partial charge in [-0.3, -0.25) is 4.98 Å². The minimum atomic E-state index is 0.602. The maximum atomic E-state index is 5.65. The number of hydrogen-bond acceptors (Lipinski definition) is 4. The van der Waals surface area contributed by atoms with Crippen molar-refractivity contribution in [1.82, 2.24) is 9.97 Å². The van der Waals surface area contributed by atoms with Gasteiger partial charge < -0.3 is 10.1 Å². The Morgan fingerprint density at radius 2 is 1.90 bits per heavy atom. The first-order valence-corrected chi connectivity index (χ1v) is 7.02. The fourth-order valence-electron chi connectivity index (χ4n) is 2.29. The van der Waals surface area contributed by atoms with Gasteiger partial charge in [-0.05, 0) is 42.1 Å². The highest BCUT2D eigenvalue weighted by molar-refractivity contribution is 5.97. The van der Waals surface area contributed by atoms with Gasteiger partial charge in [0.2, 0.25) is 5.88 Å². The van der Waals surface area contributed by atoms with Gasteiger partial charge in [-0.1, -0.05) is 12.1 Å². The Balaban J connectivity index is 1.94. The van der Waals surface area contributed by atoms with Crippen molar-refractivity contribution < 1.29 is 4.74 Å². The standard InChI is InChI=1S/C17H17N3O/c1-2-21-17-16-14(8-11-19-17)4-3-5-15(16)20-12-13-6-9-18-10-7-13/h3-11,20H,2,12H2,1H3. The molecule has 1 aromatic carbocycles. The van der Waals surface area contributed by atoms with Crippen LogP contribution >= 0.6 is 0 Å². The number of hydrogen-bond donors (Lipinski definition) is 1. The molecule has 4 nitrogen and oxygen atoms in total. The summed E-state index contributed by atoms with van der Waals surface area (Å²) in [6.07, 6.45) is 5.38. The average molecular weight is 279 g/mol. The summed E-state index contributed by atoms with van der Waals surface area (Å²) in [4.78, 5) is 8.37. The van der Waals surface area contributed by atoms with Crippen molar-refractivity contribution in [2.24, 2.45) is 0 Å². The third-order valence-corrected chi connectivity index (χ3v) is 3.27. The smallest absolute Gasteiger partial charge is 0.223 e. The molecule has 0 unspecified atom stereocenters. The molecule has 3 rings (SSSR count). The molecule has 0 bridgehead atoms. The van der Waals surface area contributed by atoms with Crippen LogP contribution in [-0.2, 0) is 6.54 Å². The average Bonchev–Trinajstić information content (AvgIpc) is 2.54. The Labute approximate surface area is 123 Å². The summed E-state index contributed by atoms with van der Waals surface area (Å²) in [5.41, 5.74) is 2.21. The third-order valence-electron chi connectivity index (χ3n) is 3.27. The van der Waals surface area contributed by atoms with Crippen molar-refractivity contribution in [3.63, 3.8) is 0 Å². The lowest BCUT2D eigenvalue weighted by Crippen LogP contribution is -2.02. The van der Waals surface area contributed by atoms with E-state index >= 15 is 0 Å². The minimum Gasteiger partial charge on any atom is -0.477 e. The number of nitrogens with zero attached hydrogens (tertiary/aromatic N) is 2. The molecule has 0 aliphatic heterocycles. The van der Waals surface area contributed by atoms with E-state index < -0.39 is 0 Å². The number of fused-ring (bicyclic) bond motifs is 1. The van der Waals surface area contributed by atoms with Crippen LogP contribution in [0.1, 0.15) is 12.5 Å². The second-order valence-electron chi connectivity index (χ2n) is 4.66. The molecule has 0 saturated carbocycles. The van der Waals surface area contributed by atoms with Crippen LogP contribution in [0.5, 0.6) is 5.88 Å². The molecule has 0 aliphatic rings. The summed E-state index contributed by atoms with van der Waals surface area (Å²) >= 11 is 0. The van der Waals surface area contributed by atoms with E-state index in [0.29, 0.717) is 12.5 Å². The fraction of sp³-hybridized carbons (Fsp3) is 0.176. The number of rotatable bonds is 5. The summed E-state index contributed by atoms with van der Waals surface area (Å²) < 4.78 is 5.65. The number of anilines is 1. The largest absolute Gasteiger partial charge is 0.477 e. The lowest BCUT2D eigenvalue weighted by atomic mass is 10.1. The molecule has 0 aliphatic carbocycles. The van der Waals surface area contributed by atoms with Gasteiger partial charge in [0.25, 0.3) is 0 Å². The Morgan fingerprint density at radius 3 is 2.71 bits per heavy atom. The van der Waals surface area contributed by atoms with Gasteiger partial charge in [-0.2, -0.15) is 0 Å². The van der Waals surface area contributed by atoms with E-state index in [1.54, 1.807) is 18.6 Å². The molecule has 2 aromatic heterocycles. The van der Waals surface area contributed by atoms with Crippen LogP contribution < -0.4 is 10.1 Å². The highest BCUT2D eigenvalue weighted by atomic mass is 16.5. The van der Waals surface area contributed by atoms with Gasteiger partial charge in [-0.25, -0.2) is 4.98 Å². The minimum absolute atomic E-state index is 0.602. The predicted octanol–water partition coefficient (Wildman–Crippen LogP) is 3.64. The lowest BCUT2D eigenvalue weighted by Gasteiger charge is -2.12. The van der Waals surface area contributed by atoms with Crippen LogP contribution in [0.25, 0.3) is 10.8 Å². The van der Waals surface area contributed by atoms with Gasteiger partial charge in [0, 0.05) is 30.8 Å². The van der Waals surface area contributed by atoms with Crippen LogP contribution in [0.4, 0.5) is 5.69 Å². The summed E-state index contributed by atoms with van der Waals surface area (Å²) in [6.45, 7) is 3.31. The van der Waals surface area contributed by atoms with Crippen LogP contribution in [0.15, 0.2) is 55.0 Å². The van der Waals surface area contributed by atoms with E-state index in [4.69, 9.17) is 4.74 Å². The first kappa shape index (κ1) is 13.4. The number of benzene rings is 1. The molecular formula is C17H17N3O. The molecular weight excluding hydrogens is 262 g/mol. The molecule has 1 N–H and O–H groups in total. The second kappa shape index (κ2) is 6.22. The topological polar surface area (TPSA) is 47.0 Å². The Kier molecular flexibility index (Phi) is 3.96. The summed E-state index contributed by atoms with van der Waals surface area (Å²) in [5.74, 6) is 0.674. The zero-order valence-corrected chi connectivity index (χ0v) is 11.9. The van der Waals surface area contributed by atoms with Gasteiger partial charge in [0.15, 0.2) is 0 Å². The van der Waals surface area contributed by atoms with E-state index in [9.17, 15) is 0 Å². The molecule has 4 heteroatoms. The normalized spacial score (nSPS) is 10.5. The maximum Gasteiger partial charge on any atom is 0.223 e. The Morgan fingerprint density at radius 1 is 1.05 bits per heavy atom. The van der Waals surface area contributed by atoms with Crippen LogP contribution in [0.2, 0.25) is 0 Å². The van der Waals surface area contributed by atoms with Crippen LogP contribution in [-0.4, -0.2) is 16.6 Å². The summed E-state index contributed by atoms with van der Waals surface area (Å²) in [6, 6.07) is 12.1.